The van der Waals surface area contributed by atoms with Gasteiger partial charge in [0.05, 0.1) is 22.8 Å². The molecule has 0 spiro atoms. The van der Waals surface area contributed by atoms with E-state index in [1.807, 2.05) is 18.2 Å². The summed E-state index contributed by atoms with van der Waals surface area (Å²) in [4.78, 5) is 43.8. The second-order valence-corrected chi connectivity index (χ2v) is 9.51. The van der Waals surface area contributed by atoms with E-state index in [2.05, 4.69) is 20.5 Å². The lowest BCUT2D eigenvalue weighted by atomic mass is 9.90. The molecule has 198 valence electrons. The molecule has 12 heteroatoms. The zero-order valence-electron chi connectivity index (χ0n) is 20.3. The number of nitrogens with one attached hydrogen (secondary N) is 2. The number of fused-ring (bicyclic) bond motifs is 2. The van der Waals surface area contributed by atoms with Crippen molar-refractivity contribution in [2.45, 2.75) is 37.8 Å². The van der Waals surface area contributed by atoms with Crippen molar-refractivity contribution in [3.8, 4) is 5.69 Å². The third-order valence-electron chi connectivity index (χ3n) is 7.14. The molecule has 0 unspecified atom stereocenters. The molecule has 1 saturated carbocycles. The SMILES string of the molecule is O=C(N[C@H]1CC[C@@H](n2c(=O)c3cc(F)cnc3n(-c3ccc(F)c(F)c3)c2=O)CC1)c1n[nH]c2ccccc12. The lowest BCUT2D eigenvalue weighted by molar-refractivity contribution is 0.0918. The first-order valence-corrected chi connectivity index (χ1v) is 12.3. The van der Waals surface area contributed by atoms with Gasteiger partial charge in [0, 0.05) is 23.5 Å². The summed E-state index contributed by atoms with van der Waals surface area (Å²) in [5, 5.41) is 10.5. The minimum atomic E-state index is -1.19. The first-order chi connectivity index (χ1) is 18.8. The summed E-state index contributed by atoms with van der Waals surface area (Å²) in [7, 11) is 0. The molecule has 2 N–H and O–H groups in total. The van der Waals surface area contributed by atoms with E-state index in [-0.39, 0.29) is 34.4 Å². The number of aromatic nitrogens is 5. The van der Waals surface area contributed by atoms with E-state index in [4.69, 9.17) is 0 Å². The second kappa shape index (κ2) is 9.53. The molecule has 1 amide bonds. The molecule has 0 atom stereocenters. The Kier molecular flexibility index (Phi) is 6.01. The molecule has 3 aromatic heterocycles. The summed E-state index contributed by atoms with van der Waals surface area (Å²) in [5.74, 6) is -3.40. The Bertz CT molecular complexity index is 1870. The molecule has 5 aromatic rings. The number of amides is 1. The fraction of sp³-hybridized carbons (Fsp3) is 0.222. The van der Waals surface area contributed by atoms with Crippen LogP contribution in [-0.2, 0) is 0 Å². The number of para-hydroxylation sites is 1. The predicted molar refractivity (Wildman–Crippen MR) is 136 cm³/mol. The maximum absolute atomic E-state index is 14.1. The van der Waals surface area contributed by atoms with Crippen molar-refractivity contribution >= 4 is 27.8 Å². The predicted octanol–water partition coefficient (Wildman–Crippen LogP) is 3.75. The average molecular weight is 534 g/mol. The Morgan fingerprint density at radius 3 is 2.49 bits per heavy atom. The lowest BCUT2D eigenvalue weighted by Crippen LogP contribution is -2.45. The highest BCUT2D eigenvalue weighted by atomic mass is 19.2. The largest absolute Gasteiger partial charge is 0.348 e. The lowest BCUT2D eigenvalue weighted by Gasteiger charge is -2.30. The van der Waals surface area contributed by atoms with Crippen molar-refractivity contribution in [2.24, 2.45) is 0 Å². The van der Waals surface area contributed by atoms with Gasteiger partial charge in [-0.05, 0) is 49.9 Å². The van der Waals surface area contributed by atoms with Gasteiger partial charge in [0.1, 0.15) is 5.82 Å². The summed E-state index contributed by atoms with van der Waals surface area (Å²) in [6, 6.07) is 10.3. The quantitative estimate of drug-likeness (QED) is 0.365. The highest BCUT2D eigenvalue weighted by molar-refractivity contribution is 6.04. The number of nitrogens with zero attached hydrogens (tertiary/aromatic N) is 4. The zero-order chi connectivity index (χ0) is 27.3. The number of hydrogen-bond acceptors (Lipinski definition) is 5. The Morgan fingerprint density at radius 2 is 1.72 bits per heavy atom. The van der Waals surface area contributed by atoms with Crippen LogP contribution < -0.4 is 16.6 Å². The summed E-state index contributed by atoms with van der Waals surface area (Å²) < 4.78 is 43.7. The van der Waals surface area contributed by atoms with Gasteiger partial charge >= 0.3 is 5.69 Å². The van der Waals surface area contributed by atoms with E-state index < -0.39 is 34.7 Å². The molecule has 3 heterocycles. The Labute approximate surface area is 217 Å². The van der Waals surface area contributed by atoms with E-state index in [0.29, 0.717) is 31.1 Å². The fourth-order valence-corrected chi connectivity index (χ4v) is 5.23. The molecule has 0 bridgehead atoms. The Morgan fingerprint density at radius 1 is 0.949 bits per heavy atom. The molecule has 0 aliphatic heterocycles. The van der Waals surface area contributed by atoms with Crippen LogP contribution in [-0.4, -0.2) is 36.3 Å². The van der Waals surface area contributed by atoms with E-state index >= 15 is 0 Å². The fourth-order valence-electron chi connectivity index (χ4n) is 5.23. The van der Waals surface area contributed by atoms with Crippen LogP contribution in [0.5, 0.6) is 0 Å². The molecule has 9 nitrogen and oxygen atoms in total. The van der Waals surface area contributed by atoms with E-state index in [0.717, 1.165) is 39.0 Å². The summed E-state index contributed by atoms with van der Waals surface area (Å²) in [5.41, 5.74) is -0.720. The molecule has 0 saturated heterocycles. The molecule has 2 aromatic carbocycles. The van der Waals surface area contributed by atoms with Crippen LogP contribution in [0.3, 0.4) is 0 Å². The first-order valence-electron chi connectivity index (χ1n) is 12.3. The molecule has 1 aliphatic rings. The number of H-pyrrole nitrogens is 1. The molecular formula is C27H21F3N6O3. The smallest absolute Gasteiger partial charge is 0.337 e. The van der Waals surface area contributed by atoms with Crippen LogP contribution in [0.15, 0.2) is 64.3 Å². The van der Waals surface area contributed by atoms with Gasteiger partial charge in [0.15, 0.2) is 23.0 Å². The highest BCUT2D eigenvalue weighted by Crippen LogP contribution is 2.28. The van der Waals surface area contributed by atoms with Crippen LogP contribution in [0.2, 0.25) is 0 Å². The van der Waals surface area contributed by atoms with Gasteiger partial charge in [0.25, 0.3) is 11.5 Å². The van der Waals surface area contributed by atoms with Crippen molar-refractivity contribution in [1.29, 1.82) is 0 Å². The zero-order valence-corrected chi connectivity index (χ0v) is 20.3. The number of carbonyl (C=O) groups is 1. The van der Waals surface area contributed by atoms with Crippen molar-refractivity contribution in [2.75, 3.05) is 0 Å². The van der Waals surface area contributed by atoms with Gasteiger partial charge in [-0.2, -0.15) is 5.10 Å². The summed E-state index contributed by atoms with van der Waals surface area (Å²) in [6.45, 7) is 0. The van der Waals surface area contributed by atoms with Gasteiger partial charge < -0.3 is 5.32 Å². The van der Waals surface area contributed by atoms with Gasteiger partial charge in [0.2, 0.25) is 0 Å². The Hall–Kier alpha value is -4.74. The van der Waals surface area contributed by atoms with Crippen LogP contribution in [0.4, 0.5) is 13.2 Å². The Balaban J connectivity index is 1.31. The van der Waals surface area contributed by atoms with Crippen LogP contribution >= 0.6 is 0 Å². The summed E-state index contributed by atoms with van der Waals surface area (Å²) in [6.07, 6.45) is 2.52. The summed E-state index contributed by atoms with van der Waals surface area (Å²) >= 11 is 0. The maximum atomic E-state index is 14.1. The minimum Gasteiger partial charge on any atom is -0.348 e. The van der Waals surface area contributed by atoms with Crippen LogP contribution in [0.1, 0.15) is 42.2 Å². The molecule has 39 heavy (non-hydrogen) atoms. The molecule has 0 radical (unpaired) electrons. The number of benzene rings is 2. The number of rotatable bonds is 4. The number of pyridine rings is 1. The number of halogens is 3. The monoisotopic (exact) mass is 534 g/mol. The van der Waals surface area contributed by atoms with Gasteiger partial charge in [-0.3, -0.25) is 19.3 Å². The van der Waals surface area contributed by atoms with Crippen molar-refractivity contribution in [3.63, 3.8) is 0 Å². The second-order valence-electron chi connectivity index (χ2n) is 9.51. The van der Waals surface area contributed by atoms with Gasteiger partial charge in [-0.15, -0.1) is 0 Å². The third-order valence-corrected chi connectivity index (χ3v) is 7.14. The van der Waals surface area contributed by atoms with Crippen LogP contribution in [0, 0.1) is 17.5 Å². The average Bonchev–Trinajstić information content (AvgIpc) is 3.36. The van der Waals surface area contributed by atoms with Crippen molar-refractivity contribution < 1.29 is 18.0 Å². The van der Waals surface area contributed by atoms with Gasteiger partial charge in [-0.25, -0.2) is 27.5 Å². The van der Waals surface area contributed by atoms with Crippen molar-refractivity contribution in [3.05, 3.63) is 98.7 Å². The molecular weight excluding hydrogens is 513 g/mol. The molecule has 6 rings (SSSR count). The number of hydrogen-bond donors (Lipinski definition) is 2. The standard InChI is InChI=1S/C27H21F3N6O3/c28-14-11-19-24(31-13-14)35(17-9-10-20(29)21(30)12-17)27(39)36(26(19)38)16-7-5-15(6-8-16)32-25(37)23-18-3-1-2-4-22(18)33-34-23/h1-4,9-13,15-16H,5-8H2,(H,32,37)(H,33,34)/t15-,16+. The molecule has 1 fully saturated rings. The van der Waals surface area contributed by atoms with Gasteiger partial charge in [-0.1, -0.05) is 18.2 Å². The third kappa shape index (κ3) is 4.27. The first kappa shape index (κ1) is 24.6. The number of carbonyl (C=O) groups excluding carboxylic acids is 1. The maximum Gasteiger partial charge on any atom is 0.337 e. The van der Waals surface area contributed by atoms with E-state index in [1.54, 1.807) is 6.07 Å². The highest BCUT2D eigenvalue weighted by Gasteiger charge is 2.29. The number of aromatic amines is 1. The minimum absolute atomic E-state index is 0.0519. The van der Waals surface area contributed by atoms with Crippen molar-refractivity contribution in [1.82, 2.24) is 29.6 Å². The van der Waals surface area contributed by atoms with E-state index in [1.165, 1.54) is 6.07 Å². The normalized spacial score (nSPS) is 17.5. The van der Waals surface area contributed by atoms with Crippen LogP contribution in [0.25, 0.3) is 27.6 Å². The molecule has 1 aliphatic carbocycles. The topological polar surface area (TPSA) is 115 Å². The van der Waals surface area contributed by atoms with E-state index in [9.17, 15) is 27.6 Å².